The molecule has 0 aromatic heterocycles. The van der Waals surface area contributed by atoms with Gasteiger partial charge < -0.3 is 0 Å². The van der Waals surface area contributed by atoms with Crippen molar-refractivity contribution in [1.29, 1.82) is 0 Å². The zero-order valence-electron chi connectivity index (χ0n) is 9.12. The van der Waals surface area contributed by atoms with E-state index in [1.807, 2.05) is 23.9 Å². The van der Waals surface area contributed by atoms with Crippen LogP contribution >= 0.6 is 27.7 Å². The van der Waals surface area contributed by atoms with E-state index in [4.69, 9.17) is 0 Å². The molecular weight excluding hydrogens is 284 g/mol. The summed E-state index contributed by atoms with van der Waals surface area (Å²) in [5, 5.41) is 0.766. The molecule has 3 heteroatoms. The summed E-state index contributed by atoms with van der Waals surface area (Å²) in [6.45, 7) is 0. The average molecular weight is 299 g/mol. The van der Waals surface area contributed by atoms with E-state index in [2.05, 4.69) is 22.0 Å². The van der Waals surface area contributed by atoms with Crippen LogP contribution < -0.4 is 0 Å². The summed E-state index contributed by atoms with van der Waals surface area (Å²) in [5.41, 5.74) is 0.730. The minimum Gasteiger partial charge on any atom is -0.298 e. The molecule has 0 radical (unpaired) electrons. The highest BCUT2D eigenvalue weighted by Crippen LogP contribution is 2.34. The van der Waals surface area contributed by atoms with E-state index in [0.717, 1.165) is 21.6 Å². The Morgan fingerprint density at radius 3 is 2.62 bits per heavy atom. The molecule has 1 nitrogen and oxygen atoms in total. The number of aldehydes is 1. The molecule has 1 aromatic rings. The lowest BCUT2D eigenvalue weighted by Gasteiger charge is -2.21. The van der Waals surface area contributed by atoms with Gasteiger partial charge in [0.05, 0.1) is 0 Å². The second-order valence-electron chi connectivity index (χ2n) is 4.18. The summed E-state index contributed by atoms with van der Waals surface area (Å²) >= 11 is 5.38. The third-order valence-corrected chi connectivity index (χ3v) is 4.97. The summed E-state index contributed by atoms with van der Waals surface area (Å²) in [6.07, 6.45) is 7.68. The third-order valence-electron chi connectivity index (χ3n) is 2.95. The van der Waals surface area contributed by atoms with Crippen molar-refractivity contribution >= 4 is 34.0 Å². The van der Waals surface area contributed by atoms with Crippen LogP contribution in [0.1, 0.15) is 42.5 Å². The fourth-order valence-corrected chi connectivity index (χ4v) is 3.96. The van der Waals surface area contributed by atoms with E-state index < -0.39 is 0 Å². The van der Waals surface area contributed by atoms with Crippen LogP contribution in [0.15, 0.2) is 27.6 Å². The summed E-state index contributed by atoms with van der Waals surface area (Å²) in [7, 11) is 0. The van der Waals surface area contributed by atoms with Gasteiger partial charge in [0.15, 0.2) is 6.29 Å². The molecule has 0 N–H and O–H groups in total. The highest BCUT2D eigenvalue weighted by Gasteiger charge is 2.14. The lowest BCUT2D eigenvalue weighted by atomic mass is 10.0. The Bertz CT molecular complexity index is 372. The van der Waals surface area contributed by atoms with Gasteiger partial charge in [-0.15, -0.1) is 11.8 Å². The first-order valence-corrected chi connectivity index (χ1v) is 7.38. The monoisotopic (exact) mass is 298 g/mol. The van der Waals surface area contributed by atoms with Gasteiger partial charge in [0.25, 0.3) is 0 Å². The lowest BCUT2D eigenvalue weighted by Crippen LogP contribution is -2.07. The van der Waals surface area contributed by atoms with Crippen molar-refractivity contribution in [3.8, 4) is 0 Å². The normalized spacial score (nSPS) is 17.3. The molecule has 0 heterocycles. The number of hydrogen-bond acceptors (Lipinski definition) is 2. The number of carbonyl (C=O) groups is 1. The molecular formula is C13H15BrOS. The molecule has 16 heavy (non-hydrogen) atoms. The maximum atomic E-state index is 10.7. The summed E-state index contributed by atoms with van der Waals surface area (Å²) in [4.78, 5) is 12.0. The molecule has 1 fully saturated rings. The zero-order valence-corrected chi connectivity index (χ0v) is 11.5. The Kier molecular flexibility index (Phi) is 4.47. The molecule has 0 amide bonds. The highest BCUT2D eigenvalue weighted by molar-refractivity contribution is 9.10. The van der Waals surface area contributed by atoms with Gasteiger partial charge in [-0.2, -0.15) is 0 Å². The lowest BCUT2D eigenvalue weighted by molar-refractivity contribution is 0.112. The molecule has 1 aliphatic rings. The second-order valence-corrected chi connectivity index (χ2v) is 6.41. The standard InChI is InChI=1S/C13H15BrOS/c14-13-8-12(7-6-10(13)9-15)16-11-4-2-1-3-5-11/h6-9,11H,1-5H2. The highest BCUT2D eigenvalue weighted by atomic mass is 79.9. The molecule has 0 spiro atoms. The number of benzene rings is 1. The number of rotatable bonds is 3. The van der Waals surface area contributed by atoms with Crippen LogP contribution in [0.2, 0.25) is 0 Å². The molecule has 0 aliphatic heterocycles. The third kappa shape index (κ3) is 3.11. The van der Waals surface area contributed by atoms with Crippen molar-refractivity contribution in [2.24, 2.45) is 0 Å². The minimum atomic E-state index is 0.730. The van der Waals surface area contributed by atoms with Gasteiger partial charge in [0.1, 0.15) is 0 Å². The summed E-state index contributed by atoms with van der Waals surface area (Å²) in [6, 6.07) is 6.00. The fraction of sp³-hybridized carbons (Fsp3) is 0.462. The number of thioether (sulfide) groups is 1. The fourth-order valence-electron chi connectivity index (χ4n) is 2.05. The Labute approximate surface area is 109 Å². The van der Waals surface area contributed by atoms with Gasteiger partial charge in [-0.05, 0) is 31.0 Å². The van der Waals surface area contributed by atoms with Gasteiger partial charge in [-0.25, -0.2) is 0 Å². The Morgan fingerprint density at radius 1 is 1.25 bits per heavy atom. The van der Waals surface area contributed by atoms with Crippen molar-refractivity contribution in [2.45, 2.75) is 42.2 Å². The van der Waals surface area contributed by atoms with E-state index in [-0.39, 0.29) is 0 Å². The minimum absolute atomic E-state index is 0.730. The van der Waals surface area contributed by atoms with Gasteiger partial charge in [-0.1, -0.05) is 35.2 Å². The summed E-state index contributed by atoms with van der Waals surface area (Å²) < 4.78 is 0.906. The van der Waals surface area contributed by atoms with E-state index in [1.54, 1.807) is 0 Å². The van der Waals surface area contributed by atoms with Gasteiger partial charge in [0.2, 0.25) is 0 Å². The smallest absolute Gasteiger partial charge is 0.151 e. The first-order chi connectivity index (χ1) is 7.79. The molecule has 1 aliphatic carbocycles. The van der Waals surface area contributed by atoms with Crippen molar-refractivity contribution in [1.82, 2.24) is 0 Å². The van der Waals surface area contributed by atoms with E-state index in [1.165, 1.54) is 37.0 Å². The largest absolute Gasteiger partial charge is 0.298 e. The maximum absolute atomic E-state index is 10.7. The first kappa shape index (κ1) is 12.2. The van der Waals surface area contributed by atoms with Crippen LogP contribution in [0, 0.1) is 0 Å². The molecule has 0 bridgehead atoms. The van der Waals surface area contributed by atoms with Crippen LogP contribution in [-0.4, -0.2) is 11.5 Å². The van der Waals surface area contributed by atoms with Crippen LogP contribution in [0.5, 0.6) is 0 Å². The first-order valence-electron chi connectivity index (χ1n) is 5.71. The Morgan fingerprint density at radius 2 is 2.00 bits per heavy atom. The SMILES string of the molecule is O=Cc1ccc(SC2CCCCC2)cc1Br. The van der Waals surface area contributed by atoms with E-state index in [9.17, 15) is 4.79 Å². The van der Waals surface area contributed by atoms with Crippen LogP contribution in [0.3, 0.4) is 0 Å². The van der Waals surface area contributed by atoms with Crippen molar-refractivity contribution in [3.63, 3.8) is 0 Å². The number of carbonyl (C=O) groups excluding carboxylic acids is 1. The number of halogens is 1. The predicted octanol–water partition coefficient (Wildman–Crippen LogP) is 4.69. The van der Waals surface area contributed by atoms with Crippen LogP contribution in [0.4, 0.5) is 0 Å². The molecule has 0 unspecified atom stereocenters. The predicted molar refractivity (Wildman–Crippen MR) is 72.3 cm³/mol. The molecule has 1 saturated carbocycles. The Hall–Kier alpha value is -0.280. The molecule has 86 valence electrons. The van der Waals surface area contributed by atoms with Crippen LogP contribution in [0.25, 0.3) is 0 Å². The second kappa shape index (κ2) is 5.87. The molecule has 0 saturated heterocycles. The molecule has 2 rings (SSSR count). The topological polar surface area (TPSA) is 17.1 Å². The van der Waals surface area contributed by atoms with Gasteiger partial charge >= 0.3 is 0 Å². The maximum Gasteiger partial charge on any atom is 0.151 e. The van der Waals surface area contributed by atoms with E-state index in [0.29, 0.717) is 0 Å². The number of hydrogen-bond donors (Lipinski definition) is 0. The quantitative estimate of drug-likeness (QED) is 0.753. The molecule has 0 atom stereocenters. The Balaban J connectivity index is 2.03. The van der Waals surface area contributed by atoms with Gasteiger partial charge in [0, 0.05) is 20.2 Å². The van der Waals surface area contributed by atoms with Crippen molar-refractivity contribution in [2.75, 3.05) is 0 Å². The zero-order chi connectivity index (χ0) is 11.4. The van der Waals surface area contributed by atoms with Crippen molar-refractivity contribution in [3.05, 3.63) is 28.2 Å². The summed E-state index contributed by atoms with van der Waals surface area (Å²) in [5.74, 6) is 0. The average Bonchev–Trinajstić information content (AvgIpc) is 2.31. The van der Waals surface area contributed by atoms with Gasteiger partial charge in [-0.3, -0.25) is 4.79 Å². The van der Waals surface area contributed by atoms with E-state index >= 15 is 0 Å². The molecule has 1 aromatic carbocycles. The van der Waals surface area contributed by atoms with Crippen LogP contribution in [-0.2, 0) is 0 Å². The van der Waals surface area contributed by atoms with Crippen molar-refractivity contribution < 1.29 is 4.79 Å².